The Labute approximate surface area is 103 Å². The first kappa shape index (κ1) is 23.3. The summed E-state index contributed by atoms with van der Waals surface area (Å²) in [6.07, 6.45) is 0. The average molecular weight is 376 g/mol. The molecule has 0 spiro atoms. The maximum atomic E-state index is 9.99. The number of hydrogen-bond donors (Lipinski definition) is 0. The van der Waals surface area contributed by atoms with Gasteiger partial charge in [-0.25, -0.2) is 0 Å². The van der Waals surface area contributed by atoms with Crippen LogP contribution in [0.2, 0.25) is 0 Å². The molecule has 13 heteroatoms. The fourth-order valence-corrected chi connectivity index (χ4v) is 0. The molecule has 6 nitrogen and oxygen atoms in total. The van der Waals surface area contributed by atoms with E-state index in [2.05, 4.69) is 0 Å². The van der Waals surface area contributed by atoms with Crippen LogP contribution in [0.25, 0.3) is 0 Å². The minimum absolute atomic E-state index is 0. The van der Waals surface area contributed by atoms with Crippen LogP contribution >= 0.6 is 0 Å². The molecule has 0 N–H and O–H groups in total. The Hall–Kier alpha value is 0.435. The third-order valence-corrected chi connectivity index (χ3v) is 0. The minimum Gasteiger partial charge on any atom is -0.560 e. The van der Waals surface area contributed by atoms with Gasteiger partial charge < -0.3 is 27.8 Å². The van der Waals surface area contributed by atoms with Crippen molar-refractivity contribution in [3.8, 4) is 0 Å². The second kappa shape index (κ2) is 18.3. The van der Waals surface area contributed by atoms with E-state index in [9.17, 15) is 12.3 Å². The first-order chi connectivity index (χ1) is 5.20. The molecule has 0 unspecified atom stereocenters. The molecule has 0 heterocycles. The van der Waals surface area contributed by atoms with Gasteiger partial charge in [-0.05, 0) is 0 Å². The van der Waals surface area contributed by atoms with E-state index in [1.165, 1.54) is 0 Å². The Morgan fingerprint density at radius 3 is 0.692 bits per heavy atom. The van der Waals surface area contributed by atoms with Gasteiger partial charge >= 0.3 is 63.4 Å². The Balaban J connectivity index is -0.0000000450. The zero-order valence-electron chi connectivity index (χ0n) is 5.66. The molecule has 72 valence electrons. The molecule has 0 bridgehead atoms. The topological polar surface area (TPSA) is 120 Å². The van der Waals surface area contributed by atoms with E-state index in [4.69, 9.17) is 27.8 Å². The summed E-state index contributed by atoms with van der Waals surface area (Å²) in [5, 5.41) is 0. The van der Waals surface area contributed by atoms with Crippen LogP contribution in [-0.4, -0.2) is 27.8 Å². The Morgan fingerprint density at radius 1 is 0.692 bits per heavy atom. The summed E-state index contributed by atoms with van der Waals surface area (Å²) < 4.78 is 55.2. The van der Waals surface area contributed by atoms with Crippen molar-refractivity contribution >= 4 is 27.8 Å². The van der Waals surface area contributed by atoms with Gasteiger partial charge in [-0.2, -0.15) is 0 Å². The zero-order valence-corrected chi connectivity index (χ0v) is 12.3. The quantitative estimate of drug-likeness (QED) is 0.316. The fraction of sp³-hybridized carbons (Fsp3) is 0. The number of hydrogen-bond acceptors (Lipinski definition) is 6. The van der Waals surface area contributed by atoms with Gasteiger partial charge in [-0.15, -0.1) is 0 Å². The van der Waals surface area contributed by atoms with Crippen LogP contribution < -0.4 is 14.4 Å². The summed E-state index contributed by atoms with van der Waals surface area (Å²) in [7, 11) is -11.6. The maximum absolute atomic E-state index is 9.99. The molecule has 0 amide bonds. The summed E-state index contributed by atoms with van der Waals surface area (Å²) in [4.78, 5) is 25.2. The molecule has 0 aliphatic carbocycles. The molecule has 13 heavy (non-hydrogen) atoms. The molecule has 0 saturated carbocycles. The van der Waals surface area contributed by atoms with Gasteiger partial charge in [-0.1, -0.05) is 0 Å². The molecule has 0 fully saturated rings. The summed E-state index contributed by atoms with van der Waals surface area (Å²) in [5.41, 5.74) is 0. The van der Waals surface area contributed by atoms with Crippen molar-refractivity contribution in [3.63, 3.8) is 0 Å². The van der Waals surface area contributed by atoms with Gasteiger partial charge in [0, 0.05) is 0 Å². The van der Waals surface area contributed by atoms with Crippen LogP contribution in [0.4, 0.5) is 12.3 Å². The predicted molar refractivity (Wildman–Crippen MR) is 22.6 cm³/mol. The van der Waals surface area contributed by atoms with Crippen LogP contribution in [-0.2, 0) is 13.4 Å². The molecular formula is F3LaO6Si3. The number of rotatable bonds is 0. The van der Waals surface area contributed by atoms with E-state index < -0.39 is 27.8 Å². The minimum atomic E-state index is -3.88. The molecule has 0 aliphatic rings. The first-order valence-corrected chi connectivity index (χ1v) is 5.38. The molecule has 0 aromatic carbocycles. The molecule has 0 aromatic rings. The van der Waals surface area contributed by atoms with Crippen molar-refractivity contribution in [2.45, 2.75) is 0 Å². The Bertz CT molecular complexity index is 121. The van der Waals surface area contributed by atoms with E-state index in [1.807, 2.05) is 0 Å². The van der Waals surface area contributed by atoms with Crippen molar-refractivity contribution in [1.29, 1.82) is 0 Å². The third kappa shape index (κ3) is 7140. The Morgan fingerprint density at radius 2 is 0.692 bits per heavy atom. The SMILES string of the molecule is O=[Si]([O-])F.O=[Si]([O-])F.O=[Si]([O-])F.[La+3]. The fourth-order valence-electron chi connectivity index (χ4n) is 0. The molecule has 0 radical (unpaired) electrons. The van der Waals surface area contributed by atoms with Crippen molar-refractivity contribution in [3.05, 3.63) is 0 Å². The van der Waals surface area contributed by atoms with Crippen molar-refractivity contribution < 1.29 is 75.7 Å². The summed E-state index contributed by atoms with van der Waals surface area (Å²) >= 11 is 0. The van der Waals surface area contributed by atoms with Crippen LogP contribution in [0.15, 0.2) is 0 Å². The molecular weight excluding hydrogens is 376 g/mol. The molecule has 0 rings (SSSR count). The molecule has 0 aromatic heterocycles. The van der Waals surface area contributed by atoms with E-state index in [-0.39, 0.29) is 35.6 Å². The van der Waals surface area contributed by atoms with Gasteiger partial charge in [-0.3, -0.25) is 12.3 Å². The van der Waals surface area contributed by atoms with Gasteiger partial charge in [0.15, 0.2) is 0 Å². The van der Waals surface area contributed by atoms with Gasteiger partial charge in [0.2, 0.25) is 0 Å². The van der Waals surface area contributed by atoms with E-state index in [1.54, 1.807) is 0 Å². The number of halogens is 3. The predicted octanol–water partition coefficient (Wildman–Crippen LogP) is -3.81. The molecule has 0 aliphatic heterocycles. The summed E-state index contributed by atoms with van der Waals surface area (Å²) in [6, 6.07) is 0. The first-order valence-electron chi connectivity index (χ1n) is 1.79. The van der Waals surface area contributed by atoms with Gasteiger partial charge in [0.25, 0.3) is 0 Å². The monoisotopic (exact) mass is 376 g/mol. The van der Waals surface area contributed by atoms with Gasteiger partial charge in [0.1, 0.15) is 0 Å². The van der Waals surface area contributed by atoms with Crippen molar-refractivity contribution in [2.75, 3.05) is 0 Å². The second-order valence-corrected chi connectivity index (χ2v) is 2.14. The maximum Gasteiger partial charge on any atom is 3.00 e. The largest absolute Gasteiger partial charge is 3.00 e. The summed E-state index contributed by atoms with van der Waals surface area (Å²) in [6.45, 7) is 0. The van der Waals surface area contributed by atoms with E-state index in [0.29, 0.717) is 0 Å². The van der Waals surface area contributed by atoms with E-state index >= 15 is 0 Å². The van der Waals surface area contributed by atoms with Crippen LogP contribution in [0.3, 0.4) is 0 Å². The molecule has 0 saturated heterocycles. The summed E-state index contributed by atoms with van der Waals surface area (Å²) in [5.74, 6) is 0. The van der Waals surface area contributed by atoms with Gasteiger partial charge in [0.05, 0.1) is 0 Å². The third-order valence-electron chi connectivity index (χ3n) is 0. The van der Waals surface area contributed by atoms with Crippen molar-refractivity contribution in [2.24, 2.45) is 0 Å². The molecule has 0 atom stereocenters. The smallest absolute Gasteiger partial charge is 0.560 e. The van der Waals surface area contributed by atoms with Crippen molar-refractivity contribution in [1.82, 2.24) is 0 Å². The average Bonchev–Trinajstić information content (AvgIpc) is 1.54. The van der Waals surface area contributed by atoms with E-state index in [0.717, 1.165) is 0 Å². The Kier molecular flexibility index (Phi) is 32.8. The normalized spacial score (nSPS) is 5.77. The van der Waals surface area contributed by atoms with Crippen LogP contribution in [0.5, 0.6) is 0 Å². The van der Waals surface area contributed by atoms with Crippen LogP contribution in [0, 0.1) is 35.6 Å². The second-order valence-electron chi connectivity index (χ2n) is 0.713. The zero-order chi connectivity index (χ0) is 10.7. The van der Waals surface area contributed by atoms with Crippen LogP contribution in [0.1, 0.15) is 0 Å². The standard InChI is InChI=1S/3FO2Si.La/c3*1-4(2)3;/q3*-1;+3.